The molecule has 1 unspecified atom stereocenters. The highest BCUT2D eigenvalue weighted by Gasteiger charge is 2.28. The fourth-order valence-electron chi connectivity index (χ4n) is 4.30. The van der Waals surface area contributed by atoms with Gasteiger partial charge in [0.25, 0.3) is 5.56 Å². The van der Waals surface area contributed by atoms with E-state index in [1.54, 1.807) is 31.3 Å². The quantitative estimate of drug-likeness (QED) is 0.494. The second-order valence-electron chi connectivity index (χ2n) is 8.44. The van der Waals surface area contributed by atoms with Gasteiger partial charge in [-0.25, -0.2) is 14.0 Å². The smallest absolute Gasteiger partial charge is 0.339 e. The number of carboxylic acids is 1. The summed E-state index contributed by atoms with van der Waals surface area (Å²) in [5.74, 6) is -2.19. The van der Waals surface area contributed by atoms with Crippen LogP contribution in [0.4, 0.5) is 4.39 Å². The van der Waals surface area contributed by atoms with Gasteiger partial charge in [0, 0.05) is 22.3 Å². The first-order valence-electron chi connectivity index (χ1n) is 10.9. The molecule has 0 aliphatic carbocycles. The molecule has 2 heterocycles. The van der Waals surface area contributed by atoms with E-state index in [1.165, 1.54) is 22.8 Å². The normalized spacial score (nSPS) is 18.0. The number of aromatic carboxylic acids is 1. The van der Waals surface area contributed by atoms with Crippen LogP contribution in [0.25, 0.3) is 0 Å². The average Bonchev–Trinajstić information content (AvgIpc) is 2.79. The van der Waals surface area contributed by atoms with Crippen molar-refractivity contribution in [3.05, 3.63) is 91.0 Å². The Morgan fingerprint density at radius 2 is 2.12 bits per heavy atom. The summed E-state index contributed by atoms with van der Waals surface area (Å²) in [5.41, 5.74) is -0.402. The summed E-state index contributed by atoms with van der Waals surface area (Å²) >= 11 is 5.97. The van der Waals surface area contributed by atoms with Gasteiger partial charge in [-0.15, -0.1) is 0 Å². The summed E-state index contributed by atoms with van der Waals surface area (Å²) in [6, 6.07) is 8.93. The van der Waals surface area contributed by atoms with Gasteiger partial charge < -0.3 is 14.7 Å². The number of carbonyl (C=O) groups is 1. The molecule has 8 nitrogen and oxygen atoms in total. The van der Waals surface area contributed by atoms with E-state index < -0.39 is 23.0 Å². The molecule has 0 spiro atoms. The predicted molar refractivity (Wildman–Crippen MR) is 124 cm³/mol. The number of aryl methyl sites for hydroxylation is 1. The van der Waals surface area contributed by atoms with E-state index in [9.17, 15) is 19.5 Å². The Bertz CT molecular complexity index is 1350. The third-order valence-electron chi connectivity index (χ3n) is 6.00. The van der Waals surface area contributed by atoms with Crippen molar-refractivity contribution in [2.45, 2.75) is 32.4 Å². The zero-order chi connectivity index (χ0) is 24.4. The Morgan fingerprint density at radius 3 is 2.85 bits per heavy atom. The van der Waals surface area contributed by atoms with Crippen LogP contribution in [0, 0.1) is 12.7 Å². The average molecular weight is 489 g/mol. The van der Waals surface area contributed by atoms with Crippen LogP contribution in [0.15, 0.2) is 52.2 Å². The minimum absolute atomic E-state index is 0.143. The standard InChI is InChI=1S/C24H23ClFN3O5/c1-14-11-29(24(33)27-22(14)30)17-5-3-9-28(13-17)12-15-7-8-19(23(31)32)21(20(15)26)34-18-6-2-4-16(25)10-18/h2,4,6-8,10-11,17H,3,5,9,12-13H2,1H3,(H,31,32)(H,27,30,33)/p+1/t17-/m0/s1. The van der Waals surface area contributed by atoms with Crippen LogP contribution in [0.2, 0.25) is 5.02 Å². The van der Waals surface area contributed by atoms with Gasteiger partial charge >= 0.3 is 11.7 Å². The van der Waals surface area contributed by atoms with Crippen molar-refractivity contribution >= 4 is 17.6 Å². The Kier molecular flexibility index (Phi) is 6.85. The second kappa shape index (κ2) is 9.82. The van der Waals surface area contributed by atoms with Crippen molar-refractivity contribution in [2.75, 3.05) is 13.1 Å². The van der Waals surface area contributed by atoms with Crippen molar-refractivity contribution in [1.29, 1.82) is 0 Å². The molecule has 3 aromatic rings. The number of ether oxygens (including phenoxy) is 1. The minimum Gasteiger partial charge on any atom is -0.478 e. The minimum atomic E-state index is -1.30. The molecule has 178 valence electrons. The second-order valence-corrected chi connectivity index (χ2v) is 8.87. The number of aromatic nitrogens is 2. The van der Waals surface area contributed by atoms with E-state index in [1.807, 2.05) is 0 Å². The number of piperidine rings is 1. The van der Waals surface area contributed by atoms with Gasteiger partial charge in [-0.3, -0.25) is 14.3 Å². The zero-order valence-electron chi connectivity index (χ0n) is 18.4. The van der Waals surface area contributed by atoms with Crippen LogP contribution >= 0.6 is 11.6 Å². The number of halogens is 2. The molecule has 0 saturated carbocycles. The highest BCUT2D eigenvalue weighted by atomic mass is 35.5. The van der Waals surface area contributed by atoms with Crippen LogP contribution in [0.5, 0.6) is 11.5 Å². The van der Waals surface area contributed by atoms with E-state index in [2.05, 4.69) is 4.98 Å². The molecule has 1 saturated heterocycles. The maximum absolute atomic E-state index is 15.5. The number of rotatable bonds is 6. The van der Waals surface area contributed by atoms with E-state index >= 15 is 4.39 Å². The van der Waals surface area contributed by atoms with Gasteiger partial charge in [0.05, 0.1) is 19.1 Å². The van der Waals surface area contributed by atoms with Crippen molar-refractivity contribution in [1.82, 2.24) is 9.55 Å². The number of quaternary nitrogens is 1. The molecule has 2 atom stereocenters. The fraction of sp³-hybridized carbons (Fsp3) is 0.292. The molecule has 10 heteroatoms. The van der Waals surface area contributed by atoms with Crippen molar-refractivity contribution in [2.24, 2.45) is 0 Å². The monoisotopic (exact) mass is 488 g/mol. The number of benzene rings is 2. The highest BCUT2D eigenvalue weighted by molar-refractivity contribution is 6.30. The van der Waals surface area contributed by atoms with Crippen LogP contribution in [-0.4, -0.2) is 33.7 Å². The number of H-pyrrole nitrogens is 1. The zero-order valence-corrected chi connectivity index (χ0v) is 19.2. The lowest BCUT2D eigenvalue weighted by Crippen LogP contribution is -3.12. The summed E-state index contributed by atoms with van der Waals surface area (Å²) in [6.07, 6.45) is 3.14. The lowest BCUT2D eigenvalue weighted by atomic mass is 10.0. The summed E-state index contributed by atoms with van der Waals surface area (Å²) in [7, 11) is 0. The molecule has 3 N–H and O–H groups in total. The number of nitrogens with one attached hydrogen (secondary N) is 2. The number of hydrogen-bond donors (Lipinski definition) is 3. The predicted octanol–water partition coefficient (Wildman–Crippen LogP) is 2.55. The largest absolute Gasteiger partial charge is 0.478 e. The lowest BCUT2D eigenvalue weighted by molar-refractivity contribution is -0.921. The lowest BCUT2D eigenvalue weighted by Gasteiger charge is -2.31. The molecule has 34 heavy (non-hydrogen) atoms. The molecular weight excluding hydrogens is 465 g/mol. The maximum atomic E-state index is 15.5. The van der Waals surface area contributed by atoms with E-state index in [0.29, 0.717) is 22.7 Å². The van der Waals surface area contributed by atoms with Gasteiger partial charge in [0.1, 0.15) is 17.9 Å². The molecule has 1 aliphatic rings. The summed E-state index contributed by atoms with van der Waals surface area (Å²) in [4.78, 5) is 39.0. The Morgan fingerprint density at radius 1 is 1.32 bits per heavy atom. The van der Waals surface area contributed by atoms with E-state index in [4.69, 9.17) is 16.3 Å². The van der Waals surface area contributed by atoms with Gasteiger partial charge in [-0.1, -0.05) is 17.7 Å². The maximum Gasteiger partial charge on any atom is 0.339 e. The van der Waals surface area contributed by atoms with Crippen LogP contribution < -0.4 is 20.9 Å². The topological polar surface area (TPSA) is 106 Å². The molecule has 1 fully saturated rings. The number of likely N-dealkylation sites (tertiary alicyclic amines) is 1. The first-order valence-corrected chi connectivity index (χ1v) is 11.2. The van der Waals surface area contributed by atoms with Crippen LogP contribution in [-0.2, 0) is 6.54 Å². The van der Waals surface area contributed by atoms with Gasteiger partial charge in [-0.2, -0.15) is 0 Å². The number of aromatic amines is 1. The SMILES string of the molecule is Cc1cn([C@H]2CCC[NH+](Cc3ccc(C(=O)O)c(Oc4cccc(Cl)c4)c3F)C2)c(=O)[nH]c1=O. The molecule has 0 radical (unpaired) electrons. The molecular formula is C24H24ClFN3O5+. The van der Waals surface area contributed by atoms with Crippen molar-refractivity contribution < 1.29 is 23.9 Å². The van der Waals surface area contributed by atoms with E-state index in [0.717, 1.165) is 24.3 Å². The Balaban J connectivity index is 1.60. The van der Waals surface area contributed by atoms with Crippen LogP contribution in [0.1, 0.15) is 40.4 Å². The van der Waals surface area contributed by atoms with Gasteiger partial charge in [0.2, 0.25) is 0 Å². The molecule has 1 aliphatic heterocycles. The van der Waals surface area contributed by atoms with Gasteiger partial charge in [-0.05, 0) is 50.1 Å². The molecule has 2 aromatic carbocycles. The van der Waals surface area contributed by atoms with Gasteiger partial charge in [0.15, 0.2) is 11.6 Å². The summed E-state index contributed by atoms with van der Waals surface area (Å²) in [6.45, 7) is 3.24. The molecule has 0 amide bonds. The summed E-state index contributed by atoms with van der Waals surface area (Å²) < 4.78 is 22.6. The molecule has 0 bridgehead atoms. The van der Waals surface area contributed by atoms with E-state index in [-0.39, 0.29) is 29.6 Å². The number of nitrogens with zero attached hydrogens (tertiary/aromatic N) is 1. The number of carboxylic acid groups (broad SMARTS) is 1. The van der Waals surface area contributed by atoms with Crippen LogP contribution in [0.3, 0.4) is 0 Å². The molecule has 4 rings (SSSR count). The third-order valence-corrected chi connectivity index (χ3v) is 6.23. The number of hydrogen-bond acceptors (Lipinski definition) is 4. The first-order chi connectivity index (χ1) is 16.2. The highest BCUT2D eigenvalue weighted by Crippen LogP contribution is 2.32. The molecule has 1 aromatic heterocycles. The summed E-state index contributed by atoms with van der Waals surface area (Å²) in [5, 5.41) is 9.91. The first kappa shape index (κ1) is 23.7. The third kappa shape index (κ3) is 5.05. The Labute approximate surface area is 199 Å². The fourth-order valence-corrected chi connectivity index (χ4v) is 4.48. The van der Waals surface area contributed by atoms with Crippen molar-refractivity contribution in [3.8, 4) is 11.5 Å². The van der Waals surface area contributed by atoms with Crippen molar-refractivity contribution in [3.63, 3.8) is 0 Å². The Hall–Kier alpha value is -3.43.